The lowest BCUT2D eigenvalue weighted by atomic mass is 9.90. The number of ketones is 2. The average molecular weight is 521 g/mol. The summed E-state index contributed by atoms with van der Waals surface area (Å²) in [7, 11) is 3.30. The molecule has 0 amide bonds. The van der Waals surface area contributed by atoms with Crippen LogP contribution in [0.1, 0.15) is 40.9 Å². The summed E-state index contributed by atoms with van der Waals surface area (Å²) in [4.78, 5) is 34.2. The number of nitrogens with zero attached hydrogens (tertiary/aromatic N) is 2. The van der Waals surface area contributed by atoms with Crippen LogP contribution in [-0.2, 0) is 13.2 Å². The summed E-state index contributed by atoms with van der Waals surface area (Å²) >= 11 is 2.69. The predicted molar refractivity (Wildman–Crippen MR) is 137 cm³/mol. The molecule has 0 bridgehead atoms. The molecule has 8 nitrogen and oxygen atoms in total. The second kappa shape index (κ2) is 9.75. The first-order chi connectivity index (χ1) is 17.5. The lowest BCUT2D eigenvalue weighted by Gasteiger charge is -2.12. The standard InChI is InChI=1S/C14H13NO3S.C12H7NO3S/c1-17-12-10-5-8(7-16)19-14(10)13(18-2)9-3-4-15-6-11(9)12;14-5-6-3-8-10(15)9-4-13-2-1-7(9)11(16)12(8)17-6/h3-6,16H,7H2,1-2H3;1-4,14H,5H2. The number of aliphatic hydroxyl groups is 2. The van der Waals surface area contributed by atoms with E-state index in [0.717, 1.165) is 37.2 Å². The van der Waals surface area contributed by atoms with Crippen LogP contribution in [0, 0.1) is 0 Å². The van der Waals surface area contributed by atoms with Gasteiger partial charge in [-0.15, -0.1) is 22.7 Å². The van der Waals surface area contributed by atoms with Crippen molar-refractivity contribution < 1.29 is 29.3 Å². The zero-order chi connectivity index (χ0) is 25.4. The number of thiophene rings is 2. The normalized spacial score (nSPS) is 12.2. The van der Waals surface area contributed by atoms with Crippen molar-refractivity contribution in [2.75, 3.05) is 14.2 Å². The maximum Gasteiger partial charge on any atom is 0.204 e. The minimum Gasteiger partial charge on any atom is -0.495 e. The number of hydrogen-bond donors (Lipinski definition) is 2. The van der Waals surface area contributed by atoms with Gasteiger partial charge in [-0.2, -0.15) is 0 Å². The molecule has 6 rings (SSSR count). The number of methoxy groups -OCH3 is 2. The summed E-state index contributed by atoms with van der Waals surface area (Å²) < 4.78 is 12.1. The Morgan fingerprint density at radius 1 is 0.750 bits per heavy atom. The number of benzene rings is 1. The van der Waals surface area contributed by atoms with Crippen LogP contribution in [-0.4, -0.2) is 46.0 Å². The van der Waals surface area contributed by atoms with Crippen LogP contribution in [0.3, 0.4) is 0 Å². The van der Waals surface area contributed by atoms with E-state index in [1.807, 2.05) is 12.1 Å². The molecule has 0 spiro atoms. The third-order valence-corrected chi connectivity index (χ3v) is 8.05. The summed E-state index contributed by atoms with van der Waals surface area (Å²) in [6, 6.07) is 6.98. The Morgan fingerprint density at radius 2 is 1.44 bits per heavy atom. The number of ether oxygens (including phenoxy) is 2. The molecule has 10 heteroatoms. The van der Waals surface area contributed by atoms with Gasteiger partial charge in [-0.05, 0) is 24.3 Å². The topological polar surface area (TPSA) is 119 Å². The quantitative estimate of drug-likeness (QED) is 0.352. The van der Waals surface area contributed by atoms with Crippen LogP contribution in [0.2, 0.25) is 0 Å². The summed E-state index contributed by atoms with van der Waals surface area (Å²) in [5.41, 5.74) is 1.11. The van der Waals surface area contributed by atoms with E-state index >= 15 is 0 Å². The highest BCUT2D eigenvalue weighted by Crippen LogP contribution is 2.46. The fraction of sp³-hybridized carbons (Fsp3) is 0.154. The third-order valence-electron chi connectivity index (χ3n) is 5.81. The second-order valence-corrected chi connectivity index (χ2v) is 10.1. The number of carbonyl (C=O) groups is 2. The van der Waals surface area contributed by atoms with Crippen molar-refractivity contribution in [3.05, 3.63) is 80.4 Å². The summed E-state index contributed by atoms with van der Waals surface area (Å²) in [6.07, 6.45) is 6.41. The first-order valence-corrected chi connectivity index (χ1v) is 12.4. The van der Waals surface area contributed by atoms with Gasteiger partial charge in [0.05, 0.1) is 42.6 Å². The molecule has 1 aromatic carbocycles. The second-order valence-electron chi connectivity index (χ2n) is 7.79. The largest absolute Gasteiger partial charge is 0.495 e. The molecular weight excluding hydrogens is 500 g/mol. The Bertz CT molecular complexity index is 1530. The lowest BCUT2D eigenvalue weighted by Crippen LogP contribution is -2.18. The fourth-order valence-electron chi connectivity index (χ4n) is 4.22. The van der Waals surface area contributed by atoms with Crippen LogP contribution >= 0.6 is 22.7 Å². The van der Waals surface area contributed by atoms with Gasteiger partial charge in [-0.3, -0.25) is 19.6 Å². The molecule has 182 valence electrons. The number of rotatable bonds is 4. The van der Waals surface area contributed by atoms with Gasteiger partial charge >= 0.3 is 0 Å². The number of fused-ring (bicyclic) bond motifs is 4. The van der Waals surface area contributed by atoms with E-state index in [1.165, 1.54) is 35.1 Å². The Labute approximate surface area is 213 Å². The Hall–Kier alpha value is -3.70. The van der Waals surface area contributed by atoms with Crippen LogP contribution < -0.4 is 9.47 Å². The molecule has 0 saturated heterocycles. The Morgan fingerprint density at radius 3 is 2.17 bits per heavy atom. The lowest BCUT2D eigenvalue weighted by molar-refractivity contribution is 0.0982. The minimum absolute atomic E-state index is 0.0141. The zero-order valence-electron chi connectivity index (χ0n) is 19.3. The highest BCUT2D eigenvalue weighted by atomic mass is 32.1. The molecule has 0 fully saturated rings. The summed E-state index contributed by atoms with van der Waals surface area (Å²) in [5, 5.41) is 21.2. The minimum atomic E-state index is -0.196. The molecule has 4 heterocycles. The molecule has 1 aliphatic carbocycles. The van der Waals surface area contributed by atoms with Gasteiger partial charge in [-0.25, -0.2) is 0 Å². The van der Waals surface area contributed by atoms with Crippen molar-refractivity contribution in [2.45, 2.75) is 13.2 Å². The van der Waals surface area contributed by atoms with Crippen LogP contribution in [0.4, 0.5) is 0 Å². The zero-order valence-corrected chi connectivity index (χ0v) is 20.9. The third kappa shape index (κ3) is 3.84. The maximum atomic E-state index is 12.1. The monoisotopic (exact) mass is 520 g/mol. The molecule has 5 aromatic rings. The predicted octanol–water partition coefficient (Wildman–Crippen LogP) is 4.37. The van der Waals surface area contributed by atoms with E-state index in [4.69, 9.17) is 14.6 Å². The first-order valence-electron chi connectivity index (χ1n) is 10.8. The molecule has 0 saturated carbocycles. The van der Waals surface area contributed by atoms with Gasteiger partial charge in [-0.1, -0.05) is 0 Å². The van der Waals surface area contributed by atoms with E-state index in [2.05, 4.69) is 9.97 Å². The molecule has 0 aliphatic heterocycles. The smallest absolute Gasteiger partial charge is 0.204 e. The fourth-order valence-corrected chi connectivity index (χ4v) is 6.24. The number of hydrogen-bond acceptors (Lipinski definition) is 10. The first kappa shape index (κ1) is 24.0. The van der Waals surface area contributed by atoms with Crippen LogP contribution in [0.15, 0.2) is 49.1 Å². The van der Waals surface area contributed by atoms with Crippen molar-refractivity contribution in [2.24, 2.45) is 0 Å². The van der Waals surface area contributed by atoms with Gasteiger partial charge in [0.2, 0.25) is 5.78 Å². The van der Waals surface area contributed by atoms with Gasteiger partial charge in [0.25, 0.3) is 0 Å². The summed E-state index contributed by atoms with van der Waals surface area (Å²) in [5.74, 6) is 1.22. The highest BCUT2D eigenvalue weighted by Gasteiger charge is 2.31. The van der Waals surface area contributed by atoms with E-state index in [0.29, 0.717) is 26.4 Å². The van der Waals surface area contributed by atoms with Crippen molar-refractivity contribution in [3.63, 3.8) is 0 Å². The number of aromatic nitrogens is 2. The molecule has 36 heavy (non-hydrogen) atoms. The van der Waals surface area contributed by atoms with Crippen molar-refractivity contribution in [1.29, 1.82) is 0 Å². The number of pyridine rings is 2. The number of aliphatic hydroxyl groups excluding tert-OH is 2. The van der Waals surface area contributed by atoms with E-state index < -0.39 is 0 Å². The van der Waals surface area contributed by atoms with Crippen LogP contribution in [0.25, 0.3) is 20.9 Å². The van der Waals surface area contributed by atoms with E-state index in [9.17, 15) is 14.7 Å². The van der Waals surface area contributed by atoms with Gasteiger partial charge in [0.15, 0.2) is 5.78 Å². The number of carbonyl (C=O) groups excluding carboxylic acids is 2. The van der Waals surface area contributed by atoms with Gasteiger partial charge < -0.3 is 19.7 Å². The molecular formula is C26H20N2O6S2. The molecule has 0 atom stereocenters. The van der Waals surface area contributed by atoms with E-state index in [-0.39, 0.29) is 24.8 Å². The molecule has 1 aliphatic rings. The van der Waals surface area contributed by atoms with Crippen molar-refractivity contribution >= 4 is 55.1 Å². The molecule has 2 N–H and O–H groups in total. The van der Waals surface area contributed by atoms with E-state index in [1.54, 1.807) is 38.7 Å². The van der Waals surface area contributed by atoms with Crippen molar-refractivity contribution in [1.82, 2.24) is 9.97 Å². The average Bonchev–Trinajstić information content (AvgIpc) is 3.55. The van der Waals surface area contributed by atoms with Crippen LogP contribution in [0.5, 0.6) is 11.5 Å². The van der Waals surface area contributed by atoms with Gasteiger partial charge in [0.1, 0.15) is 11.5 Å². The highest BCUT2D eigenvalue weighted by molar-refractivity contribution is 7.19. The van der Waals surface area contributed by atoms with Crippen molar-refractivity contribution in [3.8, 4) is 11.5 Å². The Balaban J connectivity index is 0.000000149. The Kier molecular flexibility index (Phi) is 6.50. The summed E-state index contributed by atoms with van der Waals surface area (Å²) in [6.45, 7) is -0.146. The van der Waals surface area contributed by atoms with Gasteiger partial charge in [0, 0.05) is 61.8 Å². The molecule has 0 unspecified atom stereocenters. The molecule has 0 radical (unpaired) electrons. The maximum absolute atomic E-state index is 12.1. The SMILES string of the molecule is COc1c2cnccc2c(OC)c2sc(CO)cc12.O=C1c2cnccc2C(=O)c2sc(CO)cc21. The molecule has 4 aromatic heterocycles.